The summed E-state index contributed by atoms with van der Waals surface area (Å²) in [5, 5.41) is 11.4. The molecule has 0 radical (unpaired) electrons. The first kappa shape index (κ1) is 12.4. The van der Waals surface area contributed by atoms with Crippen LogP contribution >= 0.6 is 0 Å². The molecule has 0 saturated carbocycles. The molecule has 1 aromatic carbocycles. The summed E-state index contributed by atoms with van der Waals surface area (Å²) < 4.78 is 1.90. The number of H-pyrrole nitrogens is 1. The molecule has 0 atom stereocenters. The van der Waals surface area contributed by atoms with Crippen LogP contribution in [0, 0.1) is 6.92 Å². The van der Waals surface area contributed by atoms with Crippen molar-refractivity contribution < 1.29 is 0 Å². The van der Waals surface area contributed by atoms with Crippen LogP contribution < -0.4 is 5.32 Å². The molecule has 20 heavy (non-hydrogen) atoms. The normalized spacial score (nSPS) is 10.7. The largest absolute Gasteiger partial charge is 0.379 e. The maximum atomic E-state index is 4.18. The van der Waals surface area contributed by atoms with Gasteiger partial charge in [-0.2, -0.15) is 0 Å². The fourth-order valence-corrected chi connectivity index (χ4v) is 2.07. The number of benzene rings is 1. The van der Waals surface area contributed by atoms with E-state index in [-0.39, 0.29) is 0 Å². The van der Waals surface area contributed by atoms with E-state index in [0.29, 0.717) is 6.54 Å². The van der Waals surface area contributed by atoms with Gasteiger partial charge in [0.05, 0.1) is 18.4 Å². The second kappa shape index (κ2) is 5.16. The zero-order chi connectivity index (χ0) is 13.9. The Bertz CT molecular complexity index is 712. The van der Waals surface area contributed by atoms with E-state index >= 15 is 0 Å². The van der Waals surface area contributed by atoms with Gasteiger partial charge in [-0.1, -0.05) is 12.1 Å². The van der Waals surface area contributed by atoms with Gasteiger partial charge in [0.2, 0.25) is 0 Å². The SMILES string of the molecule is Cc1ncc(CNc2cccc(-c3nncn3C)c2)[nH]1. The summed E-state index contributed by atoms with van der Waals surface area (Å²) in [5.41, 5.74) is 3.14. The van der Waals surface area contributed by atoms with E-state index in [4.69, 9.17) is 0 Å². The Morgan fingerprint density at radius 3 is 2.95 bits per heavy atom. The summed E-state index contributed by atoms with van der Waals surface area (Å²) in [6, 6.07) is 8.12. The molecule has 102 valence electrons. The van der Waals surface area contributed by atoms with Crippen molar-refractivity contribution in [2.24, 2.45) is 7.05 Å². The quantitative estimate of drug-likeness (QED) is 0.760. The van der Waals surface area contributed by atoms with Crippen molar-refractivity contribution in [1.29, 1.82) is 0 Å². The predicted molar refractivity (Wildman–Crippen MR) is 77.1 cm³/mol. The van der Waals surface area contributed by atoms with Gasteiger partial charge in [0.1, 0.15) is 12.2 Å². The van der Waals surface area contributed by atoms with Gasteiger partial charge in [0.15, 0.2) is 5.82 Å². The van der Waals surface area contributed by atoms with Crippen molar-refractivity contribution in [2.75, 3.05) is 5.32 Å². The lowest BCUT2D eigenvalue weighted by Gasteiger charge is -2.07. The van der Waals surface area contributed by atoms with E-state index in [1.807, 2.05) is 42.9 Å². The Kier molecular flexibility index (Phi) is 3.20. The molecular formula is C14H16N6. The highest BCUT2D eigenvalue weighted by molar-refractivity contribution is 5.62. The topological polar surface area (TPSA) is 71.4 Å². The molecule has 3 aromatic rings. The second-order valence-electron chi connectivity index (χ2n) is 4.69. The smallest absolute Gasteiger partial charge is 0.163 e. The van der Waals surface area contributed by atoms with Gasteiger partial charge in [-0.3, -0.25) is 0 Å². The number of aromatic amines is 1. The summed E-state index contributed by atoms with van der Waals surface area (Å²) in [7, 11) is 1.93. The van der Waals surface area contributed by atoms with E-state index in [2.05, 4.69) is 31.5 Å². The van der Waals surface area contributed by atoms with Gasteiger partial charge in [0, 0.05) is 18.3 Å². The summed E-state index contributed by atoms with van der Waals surface area (Å²) in [6.07, 6.45) is 3.54. The van der Waals surface area contributed by atoms with Crippen LogP contribution in [0.15, 0.2) is 36.8 Å². The molecule has 3 rings (SSSR count). The van der Waals surface area contributed by atoms with Gasteiger partial charge < -0.3 is 14.9 Å². The number of anilines is 1. The van der Waals surface area contributed by atoms with E-state index < -0.39 is 0 Å². The maximum Gasteiger partial charge on any atom is 0.163 e. The first-order chi connectivity index (χ1) is 9.72. The lowest BCUT2D eigenvalue weighted by atomic mass is 10.2. The molecule has 0 aliphatic heterocycles. The first-order valence-electron chi connectivity index (χ1n) is 6.41. The molecule has 0 aliphatic carbocycles. The van der Waals surface area contributed by atoms with Crippen LogP contribution in [0.5, 0.6) is 0 Å². The number of nitrogens with one attached hydrogen (secondary N) is 2. The van der Waals surface area contributed by atoms with Gasteiger partial charge >= 0.3 is 0 Å². The first-order valence-corrected chi connectivity index (χ1v) is 6.41. The molecule has 2 heterocycles. The lowest BCUT2D eigenvalue weighted by Crippen LogP contribution is -2.00. The van der Waals surface area contributed by atoms with E-state index in [9.17, 15) is 0 Å². The molecule has 0 fully saturated rings. The molecule has 0 unspecified atom stereocenters. The van der Waals surface area contributed by atoms with Crippen molar-refractivity contribution in [3.05, 3.63) is 48.3 Å². The highest BCUT2D eigenvalue weighted by atomic mass is 15.2. The average molecular weight is 268 g/mol. The predicted octanol–water partition coefficient (Wildman–Crippen LogP) is 2.13. The van der Waals surface area contributed by atoms with Crippen LogP contribution in [-0.2, 0) is 13.6 Å². The van der Waals surface area contributed by atoms with E-state index in [0.717, 1.165) is 28.6 Å². The van der Waals surface area contributed by atoms with Crippen LogP contribution in [0.25, 0.3) is 11.4 Å². The highest BCUT2D eigenvalue weighted by Gasteiger charge is 2.05. The summed E-state index contributed by atoms with van der Waals surface area (Å²) in [6.45, 7) is 2.65. The average Bonchev–Trinajstić information content (AvgIpc) is 3.05. The Morgan fingerprint density at radius 2 is 2.25 bits per heavy atom. The maximum absolute atomic E-state index is 4.18. The molecule has 2 aromatic heterocycles. The minimum Gasteiger partial charge on any atom is -0.379 e. The molecule has 2 N–H and O–H groups in total. The Hall–Kier alpha value is -2.63. The zero-order valence-electron chi connectivity index (χ0n) is 11.5. The number of hydrogen-bond donors (Lipinski definition) is 2. The Balaban J connectivity index is 1.76. The van der Waals surface area contributed by atoms with Crippen LogP contribution in [0.3, 0.4) is 0 Å². The number of hydrogen-bond acceptors (Lipinski definition) is 4. The zero-order valence-corrected chi connectivity index (χ0v) is 11.5. The van der Waals surface area contributed by atoms with Crippen molar-refractivity contribution in [3.8, 4) is 11.4 Å². The molecule has 0 saturated heterocycles. The molecule has 6 heteroatoms. The number of imidazole rings is 1. The monoisotopic (exact) mass is 268 g/mol. The van der Waals surface area contributed by atoms with E-state index in [1.54, 1.807) is 6.33 Å². The van der Waals surface area contributed by atoms with E-state index in [1.165, 1.54) is 0 Å². The van der Waals surface area contributed by atoms with Crippen LogP contribution in [0.4, 0.5) is 5.69 Å². The second-order valence-corrected chi connectivity index (χ2v) is 4.69. The van der Waals surface area contributed by atoms with Crippen molar-refractivity contribution in [3.63, 3.8) is 0 Å². The standard InChI is InChI=1S/C14H16N6/c1-10-15-7-13(18-10)8-16-12-5-3-4-11(6-12)14-19-17-9-20(14)2/h3-7,9,16H,8H2,1-2H3,(H,15,18). The number of rotatable bonds is 4. The van der Waals surface area contributed by atoms with Crippen LogP contribution in [0.2, 0.25) is 0 Å². The third kappa shape index (κ3) is 2.54. The molecule has 0 spiro atoms. The molecule has 6 nitrogen and oxygen atoms in total. The van der Waals surface area contributed by atoms with Gasteiger partial charge in [-0.05, 0) is 19.1 Å². The Morgan fingerprint density at radius 1 is 1.35 bits per heavy atom. The molecule has 0 bridgehead atoms. The number of aryl methyl sites for hydroxylation is 2. The van der Waals surface area contributed by atoms with Crippen LogP contribution in [0.1, 0.15) is 11.5 Å². The van der Waals surface area contributed by atoms with Gasteiger partial charge in [-0.25, -0.2) is 4.98 Å². The Labute approximate surface area is 116 Å². The summed E-state index contributed by atoms with van der Waals surface area (Å²) in [5.74, 6) is 1.78. The minimum absolute atomic E-state index is 0.711. The van der Waals surface area contributed by atoms with Crippen molar-refractivity contribution in [2.45, 2.75) is 13.5 Å². The van der Waals surface area contributed by atoms with Crippen LogP contribution in [-0.4, -0.2) is 24.7 Å². The van der Waals surface area contributed by atoms with Gasteiger partial charge in [0.25, 0.3) is 0 Å². The molecule has 0 aliphatic rings. The van der Waals surface area contributed by atoms with Gasteiger partial charge in [-0.15, -0.1) is 10.2 Å². The fourth-order valence-electron chi connectivity index (χ4n) is 2.07. The molecule has 0 amide bonds. The molecular weight excluding hydrogens is 252 g/mol. The summed E-state index contributed by atoms with van der Waals surface area (Å²) in [4.78, 5) is 7.38. The van der Waals surface area contributed by atoms with Crippen molar-refractivity contribution >= 4 is 5.69 Å². The minimum atomic E-state index is 0.711. The third-order valence-corrected chi connectivity index (χ3v) is 3.07. The third-order valence-electron chi connectivity index (χ3n) is 3.07. The lowest BCUT2D eigenvalue weighted by molar-refractivity contribution is 0.919. The highest BCUT2D eigenvalue weighted by Crippen LogP contribution is 2.20. The number of aromatic nitrogens is 5. The van der Waals surface area contributed by atoms with Crippen molar-refractivity contribution in [1.82, 2.24) is 24.7 Å². The fraction of sp³-hybridized carbons (Fsp3) is 0.214. The summed E-state index contributed by atoms with van der Waals surface area (Å²) >= 11 is 0. The number of nitrogens with zero attached hydrogens (tertiary/aromatic N) is 4.